The Morgan fingerprint density at radius 1 is 0.431 bits per heavy atom. The third-order valence-corrected chi connectivity index (χ3v) is 24.1. The van der Waals surface area contributed by atoms with Crippen LogP contribution in [0.4, 0.5) is 0 Å². The number of hydrogen-bond acceptors (Lipinski definition) is 12. The normalized spacial score (nSPS) is 18.4. The molecule has 0 amide bonds. The maximum atomic E-state index is 11.1. The molecule has 0 heterocycles. The molecule has 3 aliphatic rings. The van der Waals surface area contributed by atoms with Crippen LogP contribution in [0.2, 0.25) is 0 Å². The summed E-state index contributed by atoms with van der Waals surface area (Å²) in [4.78, 5) is 47.4. The van der Waals surface area contributed by atoms with Gasteiger partial charge >= 0.3 is 177 Å². The van der Waals surface area contributed by atoms with Gasteiger partial charge in [-0.15, -0.1) is 0 Å². The van der Waals surface area contributed by atoms with Gasteiger partial charge in [0.2, 0.25) is 0 Å². The summed E-state index contributed by atoms with van der Waals surface area (Å²) in [7, 11) is -29.7. The van der Waals surface area contributed by atoms with Gasteiger partial charge in [-0.3, -0.25) is 13.7 Å². The van der Waals surface area contributed by atoms with Crippen LogP contribution in [0.5, 0.6) is 0 Å². The summed E-state index contributed by atoms with van der Waals surface area (Å²) in [6.45, 7) is 6.04. The molecule has 0 aromatic carbocycles. The van der Waals surface area contributed by atoms with E-state index < -0.39 is 68.1 Å². The maximum Gasteiger partial charge on any atom is 1.00 e. The predicted octanol–water partition coefficient (Wildman–Crippen LogP) is 1.55. The van der Waals surface area contributed by atoms with Crippen molar-refractivity contribution < 1.29 is 236 Å². The Morgan fingerprint density at radius 2 is 0.625 bits per heavy atom. The molecule has 3 saturated carbocycles. The van der Waals surface area contributed by atoms with Crippen LogP contribution in [0.15, 0.2) is 34.9 Å². The van der Waals surface area contributed by atoms with Gasteiger partial charge in [0, 0.05) is 0 Å². The Balaban J connectivity index is -0.000000972. The summed E-state index contributed by atoms with van der Waals surface area (Å²) in [6.07, 6.45) is 33.8. The summed E-state index contributed by atoms with van der Waals surface area (Å²) in [5.41, 5.74) is 3.63. The van der Waals surface area contributed by atoms with Crippen LogP contribution in [0.1, 0.15) is 213 Å². The summed E-state index contributed by atoms with van der Waals surface area (Å²) >= 11 is 0. The van der Waals surface area contributed by atoms with E-state index in [1.807, 2.05) is 39.0 Å². The topological polar surface area (TPSA) is 344 Å². The van der Waals surface area contributed by atoms with Crippen LogP contribution < -0.4 is 154 Å². The van der Waals surface area contributed by atoms with E-state index in [-0.39, 0.29) is 193 Å². The van der Waals surface area contributed by atoms with Crippen molar-refractivity contribution in [2.24, 2.45) is 17.8 Å². The van der Waals surface area contributed by atoms with Crippen molar-refractivity contribution in [1.82, 2.24) is 0 Å². The molecule has 0 saturated heterocycles. The van der Waals surface area contributed by atoms with Gasteiger partial charge in [-0.25, -0.2) is 25.3 Å². The minimum Gasteiger partial charge on any atom is -0.747 e. The molecule has 3 unspecified atom stereocenters. The summed E-state index contributed by atoms with van der Waals surface area (Å²) in [6, 6.07) is 0. The smallest absolute Gasteiger partial charge is 0.747 e. The first-order valence-corrected chi connectivity index (χ1v) is 34.2. The molecule has 0 radical (unpaired) electrons. The molecule has 0 aromatic heterocycles. The maximum absolute atomic E-state index is 11.1. The van der Waals surface area contributed by atoms with Crippen molar-refractivity contribution in [3.8, 4) is 0 Å². The van der Waals surface area contributed by atoms with E-state index in [1.165, 1.54) is 113 Å². The Kier molecular flexibility index (Phi) is 46.2. The molecule has 3 rings (SSSR count). The third kappa shape index (κ3) is 39.7. The standard InChI is InChI=1S/3C15H29O6PS.3K/c3*1-13(8-6-11-14-9-3-4-10-14)7-2-5-12-15(22(16,17)18)23(19,20)21;;;/h3*7,14-15H,2-6,8-12H2,1H3,(H2,16,17,18)(H,19,20,21);;;/q;;;3*+1/p-3/b3*13-7+;;;. The molecule has 0 aromatic rings. The van der Waals surface area contributed by atoms with Gasteiger partial charge in [0.15, 0.2) is 15.0 Å². The van der Waals surface area contributed by atoms with E-state index in [4.69, 9.17) is 29.4 Å². The Hall–Kier alpha value is 4.31. The monoisotopic (exact) mass is 1220 g/mol. The first kappa shape index (κ1) is 80.5. The fourth-order valence-electron chi connectivity index (χ4n) is 9.58. The first-order chi connectivity index (χ1) is 31.8. The van der Waals surface area contributed by atoms with E-state index in [9.17, 15) is 52.6 Å². The first-order valence-electron chi connectivity index (χ1n) is 24.8. The van der Waals surface area contributed by atoms with Gasteiger partial charge in [0.1, 0.15) is 30.4 Å². The zero-order valence-corrected chi connectivity index (χ0v) is 58.6. The number of allylic oxidation sites excluding steroid dienone is 6. The molecule has 3 atom stereocenters. The second-order valence-electron chi connectivity index (χ2n) is 19.7. The fourth-order valence-corrected chi connectivity index (χ4v) is 16.5. The second kappa shape index (κ2) is 41.3. The second-order valence-corrected chi connectivity index (χ2v) is 30.8. The SMILES string of the molecule is C/C(=C\CCCC(P(=O)(O)O)S(=O)(=O)[O-])CCCC1CCCC1.C/C(=C\CCCC(P(=O)(O)O)S(=O)(=O)[O-])CCCC1CCCC1.C/C(=C\CCCC(P(=O)(O)O)S(=O)(=O)[O-])CCCC1CCCC1.[K+].[K+].[K+]. The Bertz CT molecular complexity index is 1840. The average molecular weight is 1220 g/mol. The van der Waals surface area contributed by atoms with E-state index >= 15 is 0 Å². The van der Waals surface area contributed by atoms with Gasteiger partial charge in [-0.2, -0.15) is 0 Å². The Labute approximate surface area is 561 Å². The molecular weight excluding hydrogens is 1130 g/mol. The van der Waals surface area contributed by atoms with Crippen molar-refractivity contribution in [2.75, 3.05) is 0 Å². The minimum atomic E-state index is -4.98. The molecule has 0 bridgehead atoms. The predicted molar refractivity (Wildman–Crippen MR) is 267 cm³/mol. The largest absolute Gasteiger partial charge is 1.00 e. The van der Waals surface area contributed by atoms with E-state index in [1.54, 1.807) is 0 Å². The van der Waals surface area contributed by atoms with E-state index in [0.29, 0.717) is 19.3 Å². The van der Waals surface area contributed by atoms with Gasteiger partial charge in [-0.05, 0) is 135 Å². The number of hydrogen-bond donors (Lipinski definition) is 6. The van der Waals surface area contributed by atoms with Crippen LogP contribution in [0.25, 0.3) is 0 Å². The van der Waals surface area contributed by atoms with Crippen LogP contribution in [-0.4, -0.2) is 83.2 Å². The average Bonchev–Trinajstić information content (AvgIpc) is 4.01. The summed E-state index contributed by atoms with van der Waals surface area (Å²) < 4.78 is 131. The number of rotatable bonds is 30. The molecule has 408 valence electrons. The van der Waals surface area contributed by atoms with Gasteiger partial charge < -0.3 is 43.0 Å². The van der Waals surface area contributed by atoms with Gasteiger partial charge in [-0.1, -0.05) is 131 Å². The van der Waals surface area contributed by atoms with E-state index in [2.05, 4.69) is 0 Å². The molecule has 3 aliphatic carbocycles. The van der Waals surface area contributed by atoms with Crippen LogP contribution in [-0.2, 0) is 44.0 Å². The Morgan fingerprint density at radius 3 is 0.792 bits per heavy atom. The molecule has 27 heteroatoms. The molecule has 72 heavy (non-hydrogen) atoms. The van der Waals surface area contributed by atoms with E-state index in [0.717, 1.165) is 56.3 Å². The molecule has 6 N–H and O–H groups in total. The number of unbranched alkanes of at least 4 members (excludes halogenated alkanes) is 3. The van der Waals surface area contributed by atoms with Crippen molar-refractivity contribution in [1.29, 1.82) is 0 Å². The fraction of sp³-hybridized carbons (Fsp3) is 0.867. The van der Waals surface area contributed by atoms with Crippen LogP contribution in [0.3, 0.4) is 0 Å². The van der Waals surface area contributed by atoms with Gasteiger partial charge in [0.25, 0.3) is 0 Å². The summed E-state index contributed by atoms with van der Waals surface area (Å²) in [5, 5.41) is 0. The molecule has 3 fully saturated rings. The zero-order chi connectivity index (χ0) is 52.5. The zero-order valence-electron chi connectivity index (χ0n) is 44.1. The third-order valence-electron chi connectivity index (χ3n) is 13.5. The van der Waals surface area contributed by atoms with Crippen LogP contribution >= 0.6 is 22.8 Å². The van der Waals surface area contributed by atoms with Crippen molar-refractivity contribution in [3.63, 3.8) is 0 Å². The molecule has 0 aliphatic heterocycles. The molecule has 18 nitrogen and oxygen atoms in total. The molecular formula is C45H84K3O18P3S3. The van der Waals surface area contributed by atoms with Crippen LogP contribution in [0, 0.1) is 17.8 Å². The quantitative estimate of drug-likeness (QED) is 0.0195. The van der Waals surface area contributed by atoms with Gasteiger partial charge in [0.05, 0.1) is 0 Å². The molecule has 0 spiro atoms. The van der Waals surface area contributed by atoms with Crippen molar-refractivity contribution in [3.05, 3.63) is 34.9 Å². The minimum absolute atomic E-state index is 0. The van der Waals surface area contributed by atoms with Crippen molar-refractivity contribution in [2.45, 2.75) is 228 Å². The van der Waals surface area contributed by atoms with Crippen molar-refractivity contribution >= 4 is 53.1 Å². The summed E-state index contributed by atoms with van der Waals surface area (Å²) in [5.74, 6) is 2.61.